The number of hydrogen-bond donors (Lipinski definition) is 2. The topological polar surface area (TPSA) is 84.5 Å². The van der Waals surface area contributed by atoms with Crippen LogP contribution < -0.4 is 10.3 Å². The van der Waals surface area contributed by atoms with Crippen LogP contribution in [0.2, 0.25) is 0 Å². The summed E-state index contributed by atoms with van der Waals surface area (Å²) in [6.07, 6.45) is 0.00810. The number of benzene rings is 1. The lowest BCUT2D eigenvalue weighted by atomic mass is 10.0. The number of hydrogen-bond acceptors (Lipinski definition) is 4. The molecule has 1 amide bonds. The Hall–Kier alpha value is -1.60. The summed E-state index contributed by atoms with van der Waals surface area (Å²) in [7, 11) is -2.63. The summed E-state index contributed by atoms with van der Waals surface area (Å²) >= 11 is 0. The lowest BCUT2D eigenvalue weighted by Crippen LogP contribution is -2.41. The van der Waals surface area contributed by atoms with E-state index >= 15 is 0 Å². The third-order valence-electron chi connectivity index (χ3n) is 2.35. The molecule has 0 heterocycles. The summed E-state index contributed by atoms with van der Waals surface area (Å²) in [5.41, 5.74) is 2.98. The van der Waals surface area contributed by atoms with Crippen molar-refractivity contribution >= 4 is 16.1 Å². The van der Waals surface area contributed by atoms with E-state index in [9.17, 15) is 13.2 Å². The number of amides is 1. The van der Waals surface area contributed by atoms with Gasteiger partial charge in [0.05, 0.1) is 12.0 Å². The minimum Gasteiger partial charge on any atom is -0.452 e. The Balaban J connectivity index is 2.76. The van der Waals surface area contributed by atoms with Gasteiger partial charge in [-0.3, -0.25) is 0 Å². The molecule has 106 valence electrons. The lowest BCUT2D eigenvalue weighted by Gasteiger charge is -2.09. The van der Waals surface area contributed by atoms with Gasteiger partial charge >= 0.3 is 6.09 Å². The summed E-state index contributed by atoms with van der Waals surface area (Å²) in [6.45, 7) is 4.18. The van der Waals surface area contributed by atoms with Crippen LogP contribution in [0, 0.1) is 5.92 Å². The Morgan fingerprint density at radius 3 is 2.32 bits per heavy atom. The molecule has 1 aromatic rings. The fraction of sp³-hybridized carbons (Fsp3) is 0.417. The molecule has 0 aliphatic carbocycles. The summed E-state index contributed by atoms with van der Waals surface area (Å²) in [5, 5.41) is 0. The number of rotatable bonds is 5. The van der Waals surface area contributed by atoms with Crippen LogP contribution in [-0.4, -0.2) is 21.6 Å². The van der Waals surface area contributed by atoms with Crippen LogP contribution in [0.15, 0.2) is 29.2 Å². The van der Waals surface area contributed by atoms with Crippen molar-refractivity contribution in [1.29, 1.82) is 0 Å². The molecule has 0 saturated heterocycles. The van der Waals surface area contributed by atoms with Crippen LogP contribution in [0.3, 0.4) is 0 Å². The largest absolute Gasteiger partial charge is 0.452 e. The molecule has 19 heavy (non-hydrogen) atoms. The maximum Gasteiger partial charge on any atom is 0.422 e. The van der Waals surface area contributed by atoms with Gasteiger partial charge in [-0.15, -0.1) is 4.83 Å². The molecule has 0 atom stereocenters. The van der Waals surface area contributed by atoms with Crippen LogP contribution in [0.25, 0.3) is 0 Å². The normalized spacial score (nSPS) is 11.4. The van der Waals surface area contributed by atoms with Crippen LogP contribution in [0.1, 0.15) is 19.4 Å². The number of carbonyl (C=O) groups is 1. The van der Waals surface area contributed by atoms with Crippen molar-refractivity contribution in [3.8, 4) is 0 Å². The summed E-state index contributed by atoms with van der Waals surface area (Å²) in [4.78, 5) is 12.8. The predicted molar refractivity (Wildman–Crippen MR) is 70.8 cm³/mol. The van der Waals surface area contributed by atoms with E-state index in [1.807, 2.05) is 10.3 Å². The third kappa shape index (κ3) is 4.88. The fourth-order valence-corrected chi connectivity index (χ4v) is 2.32. The zero-order valence-corrected chi connectivity index (χ0v) is 12.0. The predicted octanol–water partition coefficient (Wildman–Crippen LogP) is 1.43. The Morgan fingerprint density at radius 1 is 1.26 bits per heavy atom. The second-order valence-corrected chi connectivity index (χ2v) is 6.15. The third-order valence-corrected chi connectivity index (χ3v) is 3.61. The molecule has 0 unspecified atom stereocenters. The molecule has 6 nitrogen and oxygen atoms in total. The average Bonchev–Trinajstić information content (AvgIpc) is 2.36. The zero-order valence-electron chi connectivity index (χ0n) is 11.1. The van der Waals surface area contributed by atoms with E-state index in [0.717, 1.165) is 19.1 Å². The minimum absolute atomic E-state index is 0.0800. The zero-order chi connectivity index (χ0) is 14.5. The highest BCUT2D eigenvalue weighted by molar-refractivity contribution is 7.89. The van der Waals surface area contributed by atoms with Crippen LogP contribution in [-0.2, 0) is 21.2 Å². The molecular weight excluding hydrogens is 268 g/mol. The highest BCUT2D eigenvalue weighted by Crippen LogP contribution is 2.13. The molecule has 0 aliphatic rings. The first-order valence-electron chi connectivity index (χ1n) is 5.80. The first kappa shape index (κ1) is 15.5. The minimum atomic E-state index is -3.77. The quantitative estimate of drug-likeness (QED) is 0.802. The molecule has 0 aliphatic heterocycles. The highest BCUT2D eigenvalue weighted by atomic mass is 32.2. The van der Waals surface area contributed by atoms with Crippen molar-refractivity contribution in [3.63, 3.8) is 0 Å². The summed E-state index contributed by atoms with van der Waals surface area (Å²) in [6, 6.07) is 6.51. The van der Waals surface area contributed by atoms with Gasteiger partial charge in [-0.25, -0.2) is 18.6 Å². The molecule has 2 N–H and O–H groups in total. The Kier molecular flexibility index (Phi) is 5.31. The van der Waals surface area contributed by atoms with Gasteiger partial charge in [0.15, 0.2) is 0 Å². The molecule has 0 fully saturated rings. The summed E-state index contributed by atoms with van der Waals surface area (Å²) < 4.78 is 27.9. The van der Waals surface area contributed by atoms with Gasteiger partial charge < -0.3 is 4.74 Å². The van der Waals surface area contributed by atoms with Gasteiger partial charge in [-0.1, -0.05) is 26.0 Å². The highest BCUT2D eigenvalue weighted by Gasteiger charge is 2.14. The fourth-order valence-electron chi connectivity index (χ4n) is 1.49. The van der Waals surface area contributed by atoms with Crippen molar-refractivity contribution in [1.82, 2.24) is 10.3 Å². The number of hydrazine groups is 1. The van der Waals surface area contributed by atoms with E-state index in [1.54, 1.807) is 12.1 Å². The first-order chi connectivity index (χ1) is 8.85. The van der Waals surface area contributed by atoms with Crippen LogP contribution in [0.5, 0.6) is 0 Å². The van der Waals surface area contributed by atoms with E-state index in [1.165, 1.54) is 12.1 Å². The van der Waals surface area contributed by atoms with Crippen LogP contribution >= 0.6 is 0 Å². The summed E-state index contributed by atoms with van der Waals surface area (Å²) in [5.74, 6) is 0.501. The van der Waals surface area contributed by atoms with E-state index in [4.69, 9.17) is 0 Å². The monoisotopic (exact) mass is 286 g/mol. The molecule has 1 rings (SSSR count). The van der Waals surface area contributed by atoms with E-state index in [-0.39, 0.29) is 4.90 Å². The maximum absolute atomic E-state index is 11.8. The van der Waals surface area contributed by atoms with Crippen molar-refractivity contribution in [2.24, 2.45) is 5.92 Å². The Labute approximate surface area is 113 Å². The van der Waals surface area contributed by atoms with Gasteiger partial charge in [0.2, 0.25) is 0 Å². The standard InChI is InChI=1S/C12H18N2O4S/c1-9(2)8-10-4-6-11(7-5-10)19(16,17)14-13-12(15)18-3/h4-7,9,14H,8H2,1-3H3,(H,13,15). The number of ether oxygens (including phenoxy) is 1. The molecule has 7 heteroatoms. The molecule has 0 radical (unpaired) electrons. The van der Waals surface area contributed by atoms with Crippen molar-refractivity contribution in [2.45, 2.75) is 25.2 Å². The average molecular weight is 286 g/mol. The molecular formula is C12H18N2O4S. The molecule has 0 aromatic heterocycles. The molecule has 0 bridgehead atoms. The maximum atomic E-state index is 11.8. The van der Waals surface area contributed by atoms with Gasteiger partial charge in [-0.05, 0) is 30.0 Å². The van der Waals surface area contributed by atoms with Crippen molar-refractivity contribution in [2.75, 3.05) is 7.11 Å². The smallest absolute Gasteiger partial charge is 0.422 e. The molecule has 0 saturated carbocycles. The van der Waals surface area contributed by atoms with E-state index in [0.29, 0.717) is 5.92 Å². The Bertz CT molecular complexity index is 523. The van der Waals surface area contributed by atoms with Gasteiger partial charge in [0.1, 0.15) is 0 Å². The molecule has 1 aromatic carbocycles. The van der Waals surface area contributed by atoms with E-state index < -0.39 is 16.1 Å². The number of nitrogens with one attached hydrogen (secondary N) is 2. The SMILES string of the molecule is COC(=O)NNS(=O)(=O)c1ccc(CC(C)C)cc1. The number of carbonyl (C=O) groups excluding carboxylic acids is 1. The lowest BCUT2D eigenvalue weighted by molar-refractivity contribution is 0.169. The van der Waals surface area contributed by atoms with Crippen molar-refractivity contribution < 1.29 is 17.9 Å². The first-order valence-corrected chi connectivity index (χ1v) is 7.28. The second-order valence-electron chi connectivity index (χ2n) is 4.46. The van der Waals surface area contributed by atoms with Gasteiger partial charge in [0.25, 0.3) is 10.0 Å². The Morgan fingerprint density at radius 2 is 1.84 bits per heavy atom. The van der Waals surface area contributed by atoms with E-state index in [2.05, 4.69) is 18.6 Å². The number of sulfonamides is 1. The van der Waals surface area contributed by atoms with Gasteiger partial charge in [-0.2, -0.15) is 0 Å². The van der Waals surface area contributed by atoms with Crippen molar-refractivity contribution in [3.05, 3.63) is 29.8 Å². The van der Waals surface area contributed by atoms with Crippen LogP contribution in [0.4, 0.5) is 4.79 Å². The second kappa shape index (κ2) is 6.53. The number of methoxy groups -OCH3 is 1. The molecule has 0 spiro atoms. The van der Waals surface area contributed by atoms with Gasteiger partial charge in [0, 0.05) is 0 Å².